The summed E-state index contributed by atoms with van der Waals surface area (Å²) in [4.78, 5) is 28.3. The maximum atomic E-state index is 13.6. The van der Waals surface area contributed by atoms with Crippen LogP contribution in [0.5, 0.6) is 11.5 Å². The molecule has 0 fully saturated rings. The number of anilines is 2. The number of rotatable bonds is 5. The number of nitrogens with one attached hydrogen (secondary N) is 2. The van der Waals surface area contributed by atoms with Crippen molar-refractivity contribution in [2.24, 2.45) is 0 Å². The third kappa shape index (κ3) is 7.10. The zero-order valence-corrected chi connectivity index (χ0v) is 19.0. The molecule has 32 heavy (non-hydrogen) atoms. The van der Waals surface area contributed by atoms with E-state index in [-0.39, 0.29) is 11.3 Å². The van der Waals surface area contributed by atoms with Crippen LogP contribution in [0, 0.1) is 6.92 Å². The molecule has 0 saturated carbocycles. The van der Waals surface area contributed by atoms with Gasteiger partial charge in [-0.3, -0.25) is 14.6 Å². The van der Waals surface area contributed by atoms with Gasteiger partial charge in [0.15, 0.2) is 0 Å². The Bertz CT molecular complexity index is 1070. The zero-order valence-electron chi connectivity index (χ0n) is 17.9. The number of pyridine rings is 1. The van der Waals surface area contributed by atoms with Crippen molar-refractivity contribution >= 4 is 32.4 Å². The van der Waals surface area contributed by atoms with Crippen molar-refractivity contribution in [3.8, 4) is 11.5 Å². The number of ether oxygens (including phenoxy) is 1. The molecule has 9 heteroatoms. The fourth-order valence-electron chi connectivity index (χ4n) is 2.61. The fourth-order valence-corrected chi connectivity index (χ4v) is 2.93. The molecule has 1 unspecified atom stereocenters. The van der Waals surface area contributed by atoms with Crippen molar-refractivity contribution < 1.29 is 23.1 Å². The van der Waals surface area contributed by atoms with Gasteiger partial charge < -0.3 is 15.4 Å². The average Bonchev–Trinajstić information content (AvgIpc) is 2.76. The lowest BCUT2D eigenvalue weighted by Gasteiger charge is -2.15. The topological polar surface area (TPSA) is 80.3 Å². The number of hydrogen-bond donors (Lipinski definition) is 2. The van der Waals surface area contributed by atoms with Gasteiger partial charge in [0.2, 0.25) is 0 Å². The number of halogens is 2. The lowest BCUT2D eigenvalue weighted by Crippen LogP contribution is -2.29. The number of carbonyl (C=O) groups is 2. The molecule has 6 nitrogen and oxygen atoms in total. The lowest BCUT2D eigenvalue weighted by molar-refractivity contribution is -0.133. The SMILES string of the molecule is CC.Cc1ccc(NC(=O)C(=O)Nc2cccc(Oc3ccncc3)c2)cc1C(F)(F)P. The van der Waals surface area contributed by atoms with E-state index < -0.39 is 17.5 Å². The standard InChI is InChI=1S/C21H18F2N3O3P.C2H6/c1-13-5-6-15(12-18(13)21(22,23)30)26-20(28)19(27)25-14-3-2-4-17(11-14)29-16-7-9-24-10-8-16;1-2/h2-12H,30H2,1H3,(H,25,27)(H,26,28);1-2H3. The summed E-state index contributed by atoms with van der Waals surface area (Å²) >= 11 is 0. The zero-order chi connectivity index (χ0) is 23.7. The second-order valence-corrected chi connectivity index (χ2v) is 7.10. The molecule has 0 radical (unpaired) electrons. The smallest absolute Gasteiger partial charge is 0.314 e. The Morgan fingerprint density at radius 2 is 1.50 bits per heavy atom. The molecule has 0 aliphatic rings. The third-order valence-electron chi connectivity index (χ3n) is 4.04. The molecule has 1 heterocycles. The molecule has 2 aromatic carbocycles. The number of carbonyl (C=O) groups excluding carboxylic acids is 2. The summed E-state index contributed by atoms with van der Waals surface area (Å²) in [6, 6.07) is 13.8. The van der Waals surface area contributed by atoms with Gasteiger partial charge in [-0.05, 0) is 48.9 Å². The second kappa shape index (κ2) is 11.3. The van der Waals surface area contributed by atoms with Crippen LogP contribution in [0.25, 0.3) is 0 Å². The molecule has 0 saturated heterocycles. The van der Waals surface area contributed by atoms with E-state index in [4.69, 9.17) is 4.74 Å². The van der Waals surface area contributed by atoms with E-state index in [0.717, 1.165) is 6.07 Å². The Balaban J connectivity index is 0.00000176. The van der Waals surface area contributed by atoms with E-state index in [2.05, 4.69) is 15.6 Å². The van der Waals surface area contributed by atoms with Gasteiger partial charge in [-0.25, -0.2) is 0 Å². The molecule has 0 bridgehead atoms. The molecule has 168 valence electrons. The van der Waals surface area contributed by atoms with Crippen LogP contribution in [0.3, 0.4) is 0 Å². The number of benzene rings is 2. The minimum atomic E-state index is -3.15. The van der Waals surface area contributed by atoms with Crippen LogP contribution in [-0.4, -0.2) is 16.8 Å². The number of aryl methyl sites for hydroxylation is 1. The monoisotopic (exact) mass is 459 g/mol. The summed E-state index contributed by atoms with van der Waals surface area (Å²) in [6.07, 6.45) is 3.16. The highest BCUT2D eigenvalue weighted by Crippen LogP contribution is 2.37. The van der Waals surface area contributed by atoms with Crippen molar-refractivity contribution in [2.45, 2.75) is 26.4 Å². The van der Waals surface area contributed by atoms with Crippen molar-refractivity contribution in [3.05, 3.63) is 78.1 Å². The molecular weight excluding hydrogens is 435 g/mol. The fraction of sp³-hybridized carbons (Fsp3) is 0.174. The Hall–Kier alpha value is -3.38. The van der Waals surface area contributed by atoms with Gasteiger partial charge in [0, 0.05) is 35.4 Å². The van der Waals surface area contributed by atoms with Crippen LogP contribution in [0.15, 0.2) is 67.0 Å². The van der Waals surface area contributed by atoms with E-state index in [1.54, 1.807) is 48.8 Å². The van der Waals surface area contributed by atoms with Crippen LogP contribution in [0.1, 0.15) is 25.0 Å². The van der Waals surface area contributed by atoms with Gasteiger partial charge in [-0.15, -0.1) is 0 Å². The van der Waals surface area contributed by atoms with Crippen LogP contribution in [0.2, 0.25) is 0 Å². The Morgan fingerprint density at radius 1 is 0.906 bits per heavy atom. The van der Waals surface area contributed by atoms with E-state index in [1.165, 1.54) is 28.3 Å². The van der Waals surface area contributed by atoms with Gasteiger partial charge in [0.1, 0.15) is 11.5 Å². The number of hydrogen-bond acceptors (Lipinski definition) is 4. The number of aromatic nitrogens is 1. The van der Waals surface area contributed by atoms with Gasteiger partial charge in [0.05, 0.1) is 0 Å². The van der Waals surface area contributed by atoms with Gasteiger partial charge in [-0.2, -0.15) is 8.78 Å². The summed E-state index contributed by atoms with van der Waals surface area (Å²) in [7, 11) is 1.45. The first-order valence-corrected chi connectivity index (χ1v) is 10.4. The molecule has 2 N–H and O–H groups in total. The van der Waals surface area contributed by atoms with Gasteiger partial charge in [0.25, 0.3) is 5.66 Å². The highest BCUT2D eigenvalue weighted by Gasteiger charge is 2.27. The summed E-state index contributed by atoms with van der Waals surface area (Å²) in [5.74, 6) is -0.925. The molecule has 0 aliphatic carbocycles. The highest BCUT2D eigenvalue weighted by molar-refractivity contribution is 7.17. The molecule has 0 spiro atoms. The van der Waals surface area contributed by atoms with Crippen LogP contribution >= 0.6 is 9.24 Å². The van der Waals surface area contributed by atoms with E-state index >= 15 is 0 Å². The minimum absolute atomic E-state index is 0.0904. The van der Waals surface area contributed by atoms with Crippen molar-refractivity contribution in [1.29, 1.82) is 0 Å². The number of amides is 2. The van der Waals surface area contributed by atoms with Gasteiger partial charge >= 0.3 is 11.8 Å². The van der Waals surface area contributed by atoms with Crippen LogP contribution < -0.4 is 15.4 Å². The summed E-state index contributed by atoms with van der Waals surface area (Å²) in [5.41, 5.74) is -2.62. The average molecular weight is 459 g/mol. The van der Waals surface area contributed by atoms with Crippen LogP contribution in [0.4, 0.5) is 20.2 Å². The predicted octanol–water partition coefficient (Wildman–Crippen LogP) is 5.71. The number of alkyl halides is 2. The summed E-state index contributed by atoms with van der Waals surface area (Å²) < 4.78 is 32.9. The quantitative estimate of drug-likeness (QED) is 0.378. The highest BCUT2D eigenvalue weighted by atomic mass is 31.0. The molecule has 1 atom stereocenters. The number of nitrogens with zero attached hydrogens (tertiary/aromatic N) is 1. The van der Waals surface area contributed by atoms with E-state index in [0.29, 0.717) is 22.7 Å². The largest absolute Gasteiger partial charge is 0.457 e. The Morgan fingerprint density at radius 3 is 2.09 bits per heavy atom. The van der Waals surface area contributed by atoms with Crippen molar-refractivity contribution in [1.82, 2.24) is 4.98 Å². The summed E-state index contributed by atoms with van der Waals surface area (Å²) in [5, 5.41) is 4.77. The minimum Gasteiger partial charge on any atom is -0.457 e. The normalized spacial score (nSPS) is 10.4. The molecule has 3 rings (SSSR count). The maximum absolute atomic E-state index is 13.6. The first-order chi connectivity index (χ1) is 15.2. The van der Waals surface area contributed by atoms with Gasteiger partial charge in [-0.1, -0.05) is 35.2 Å². The van der Waals surface area contributed by atoms with Crippen molar-refractivity contribution in [3.63, 3.8) is 0 Å². The maximum Gasteiger partial charge on any atom is 0.314 e. The second-order valence-electron chi connectivity index (χ2n) is 6.37. The lowest BCUT2D eigenvalue weighted by atomic mass is 10.1. The Labute approximate surface area is 187 Å². The first-order valence-electron chi connectivity index (χ1n) is 9.80. The Kier molecular flexibility index (Phi) is 8.79. The van der Waals surface area contributed by atoms with Crippen molar-refractivity contribution in [2.75, 3.05) is 10.6 Å². The van der Waals surface area contributed by atoms with Crippen LogP contribution in [-0.2, 0) is 15.3 Å². The molecule has 1 aromatic heterocycles. The van der Waals surface area contributed by atoms with E-state index in [9.17, 15) is 18.4 Å². The predicted molar refractivity (Wildman–Crippen MR) is 124 cm³/mol. The third-order valence-corrected chi connectivity index (χ3v) is 4.35. The molecule has 2 amide bonds. The molecular formula is C23H24F2N3O3P. The summed E-state index contributed by atoms with van der Waals surface area (Å²) in [6.45, 7) is 5.53. The van der Waals surface area contributed by atoms with E-state index in [1.807, 2.05) is 13.8 Å². The molecule has 0 aliphatic heterocycles. The molecule has 3 aromatic rings. The first kappa shape index (κ1) is 24.9.